The van der Waals surface area contributed by atoms with Gasteiger partial charge in [0.1, 0.15) is 12.1 Å². The quantitative estimate of drug-likeness (QED) is 0.799. The first-order valence-corrected chi connectivity index (χ1v) is 11.2. The number of fused-ring (bicyclic) bond motifs is 1. The van der Waals surface area contributed by atoms with Crippen LogP contribution in [0.25, 0.3) is 0 Å². The van der Waals surface area contributed by atoms with E-state index < -0.39 is 0 Å². The summed E-state index contributed by atoms with van der Waals surface area (Å²) in [7, 11) is 0. The predicted molar refractivity (Wildman–Crippen MR) is 116 cm³/mol. The zero-order valence-electron chi connectivity index (χ0n) is 18.3. The van der Waals surface area contributed by atoms with Crippen LogP contribution >= 0.6 is 0 Å². The first-order chi connectivity index (χ1) is 14.9. The molecule has 164 valence electrons. The zero-order chi connectivity index (χ0) is 21.6. The zero-order valence-corrected chi connectivity index (χ0v) is 18.3. The Bertz CT molecular complexity index is 957. The number of likely N-dealkylation sites (tertiary alicyclic amines) is 2. The Balaban J connectivity index is 1.19. The molecular weight excluding hydrogens is 393 g/mol. The second-order valence-electron chi connectivity index (χ2n) is 9.55. The van der Waals surface area contributed by atoms with Crippen LogP contribution in [0, 0.1) is 31.5 Å². The third-order valence-electron chi connectivity index (χ3n) is 7.56. The van der Waals surface area contributed by atoms with E-state index >= 15 is 0 Å². The first-order valence-electron chi connectivity index (χ1n) is 11.2. The summed E-state index contributed by atoms with van der Waals surface area (Å²) in [5, 5.41) is 3.38. The number of carbonyl (C=O) groups is 1. The molecule has 6 nitrogen and oxygen atoms in total. The molecule has 5 rings (SSSR count). The molecule has 0 bridgehead atoms. The Morgan fingerprint density at radius 2 is 1.81 bits per heavy atom. The molecular formula is C24H30FN5O. The molecule has 0 radical (unpaired) electrons. The summed E-state index contributed by atoms with van der Waals surface area (Å²) < 4.78 is 13.8. The van der Waals surface area contributed by atoms with Crippen molar-refractivity contribution in [1.29, 1.82) is 0 Å². The van der Waals surface area contributed by atoms with Gasteiger partial charge in [-0.25, -0.2) is 14.4 Å². The van der Waals surface area contributed by atoms with Crippen LogP contribution in [0.3, 0.4) is 0 Å². The second-order valence-corrected chi connectivity index (χ2v) is 9.55. The maximum absolute atomic E-state index is 13.8. The van der Waals surface area contributed by atoms with E-state index in [4.69, 9.17) is 0 Å². The molecule has 4 heterocycles. The Kier molecular flexibility index (Phi) is 5.26. The summed E-state index contributed by atoms with van der Waals surface area (Å²) in [6.07, 6.45) is 2.55. The summed E-state index contributed by atoms with van der Waals surface area (Å²) in [5.41, 5.74) is 3.33. The van der Waals surface area contributed by atoms with E-state index in [2.05, 4.69) is 26.3 Å². The maximum Gasteiger partial charge on any atom is 0.257 e. The number of nitrogens with one attached hydrogen (secondary N) is 1. The van der Waals surface area contributed by atoms with E-state index in [1.165, 1.54) is 12.4 Å². The van der Waals surface area contributed by atoms with E-state index in [0.29, 0.717) is 17.4 Å². The third kappa shape index (κ3) is 3.74. The fourth-order valence-corrected chi connectivity index (χ4v) is 5.64. The molecule has 1 aromatic heterocycles. The van der Waals surface area contributed by atoms with E-state index in [0.717, 1.165) is 69.2 Å². The van der Waals surface area contributed by atoms with E-state index in [1.54, 1.807) is 6.07 Å². The van der Waals surface area contributed by atoms with Gasteiger partial charge in [0.15, 0.2) is 0 Å². The molecule has 0 saturated carbocycles. The van der Waals surface area contributed by atoms with Gasteiger partial charge >= 0.3 is 0 Å². The molecule has 1 amide bonds. The van der Waals surface area contributed by atoms with Crippen LogP contribution in [0.2, 0.25) is 0 Å². The molecule has 31 heavy (non-hydrogen) atoms. The number of halogens is 1. The maximum atomic E-state index is 13.8. The van der Waals surface area contributed by atoms with Crippen molar-refractivity contribution in [2.45, 2.75) is 25.7 Å². The number of benzene rings is 1. The minimum Gasteiger partial charge on any atom is -0.338 e. The number of aryl methyl sites for hydroxylation is 2. The highest BCUT2D eigenvalue weighted by Crippen LogP contribution is 2.36. The van der Waals surface area contributed by atoms with Gasteiger partial charge in [-0.15, -0.1) is 0 Å². The van der Waals surface area contributed by atoms with Crippen LogP contribution < -0.4 is 5.32 Å². The molecule has 7 heteroatoms. The lowest BCUT2D eigenvalue weighted by molar-refractivity contribution is 0.0770. The molecule has 3 saturated heterocycles. The normalized spacial score (nSPS) is 24.8. The molecule has 1 N–H and O–H groups in total. The number of hydrogen-bond donors (Lipinski definition) is 1. The molecule has 0 aliphatic carbocycles. The van der Waals surface area contributed by atoms with Crippen molar-refractivity contribution in [2.75, 3.05) is 45.8 Å². The third-order valence-corrected chi connectivity index (χ3v) is 7.56. The largest absolute Gasteiger partial charge is 0.338 e. The number of aromatic nitrogens is 2. The van der Waals surface area contributed by atoms with Crippen LogP contribution in [0.4, 0.5) is 4.39 Å². The van der Waals surface area contributed by atoms with Gasteiger partial charge in [0.05, 0.1) is 17.0 Å². The minimum absolute atomic E-state index is 0.0458. The topological polar surface area (TPSA) is 61.4 Å². The lowest BCUT2D eigenvalue weighted by Gasteiger charge is -2.44. The summed E-state index contributed by atoms with van der Waals surface area (Å²) in [5.74, 6) is 0.971. The monoisotopic (exact) mass is 423 g/mol. The fraction of sp³-hybridized carbons (Fsp3) is 0.542. The van der Waals surface area contributed by atoms with Gasteiger partial charge in [-0.3, -0.25) is 4.79 Å². The van der Waals surface area contributed by atoms with Gasteiger partial charge in [-0.2, -0.15) is 0 Å². The highest BCUT2D eigenvalue weighted by atomic mass is 19.1. The highest BCUT2D eigenvalue weighted by Gasteiger charge is 2.44. The van der Waals surface area contributed by atoms with Crippen molar-refractivity contribution in [2.24, 2.45) is 11.8 Å². The summed E-state index contributed by atoms with van der Waals surface area (Å²) in [4.78, 5) is 26.0. The Morgan fingerprint density at radius 3 is 2.39 bits per heavy atom. The van der Waals surface area contributed by atoms with Gasteiger partial charge in [-0.05, 0) is 56.3 Å². The second kappa shape index (κ2) is 7.95. The van der Waals surface area contributed by atoms with E-state index in [1.807, 2.05) is 24.8 Å². The minimum atomic E-state index is -0.154. The molecule has 3 fully saturated rings. The van der Waals surface area contributed by atoms with Crippen molar-refractivity contribution in [3.05, 3.63) is 58.9 Å². The van der Waals surface area contributed by atoms with Crippen LogP contribution in [0.15, 0.2) is 30.6 Å². The SMILES string of the molecule is Cc1ncnc(C)c1C(=O)N1CC2CN(CCC3(c4cccc(F)c4)CNC3)CC2C1. The molecule has 1 aromatic carbocycles. The summed E-state index contributed by atoms with van der Waals surface area (Å²) in [6.45, 7) is 10.3. The van der Waals surface area contributed by atoms with Crippen molar-refractivity contribution in [3.63, 3.8) is 0 Å². The van der Waals surface area contributed by atoms with Gasteiger partial charge < -0.3 is 15.1 Å². The van der Waals surface area contributed by atoms with Crippen LogP contribution in [0.5, 0.6) is 0 Å². The molecule has 2 unspecified atom stereocenters. The smallest absolute Gasteiger partial charge is 0.257 e. The number of hydrogen-bond acceptors (Lipinski definition) is 5. The van der Waals surface area contributed by atoms with Crippen molar-refractivity contribution < 1.29 is 9.18 Å². The standard InChI is InChI=1S/C24H30FN5O/c1-16-22(17(2)28-15-27-16)23(31)30-11-18-9-29(10-19(18)12-30)7-6-24(13-26-14-24)20-4-3-5-21(25)8-20/h3-5,8,15,18-19,26H,6-7,9-14H2,1-2H3. The van der Waals surface area contributed by atoms with Crippen LogP contribution in [-0.4, -0.2) is 71.5 Å². The summed E-state index contributed by atoms with van der Waals surface area (Å²) >= 11 is 0. The number of rotatable bonds is 5. The summed E-state index contributed by atoms with van der Waals surface area (Å²) in [6, 6.07) is 7.09. The predicted octanol–water partition coefficient (Wildman–Crippen LogP) is 2.17. The number of carbonyl (C=O) groups excluding carboxylic acids is 1. The molecule has 2 atom stereocenters. The van der Waals surface area contributed by atoms with Gasteiger partial charge in [0, 0.05) is 44.7 Å². The van der Waals surface area contributed by atoms with Gasteiger partial charge in [0.2, 0.25) is 0 Å². The van der Waals surface area contributed by atoms with E-state index in [-0.39, 0.29) is 17.1 Å². The first kappa shape index (κ1) is 20.5. The molecule has 0 spiro atoms. The average molecular weight is 424 g/mol. The molecule has 2 aromatic rings. The Morgan fingerprint density at radius 1 is 1.13 bits per heavy atom. The van der Waals surface area contributed by atoms with Crippen LogP contribution in [-0.2, 0) is 5.41 Å². The van der Waals surface area contributed by atoms with Crippen molar-refractivity contribution >= 4 is 5.91 Å². The van der Waals surface area contributed by atoms with Crippen LogP contribution in [0.1, 0.15) is 33.7 Å². The molecule has 3 aliphatic heterocycles. The Hall–Kier alpha value is -2.38. The lowest BCUT2D eigenvalue weighted by Crippen LogP contribution is -2.57. The highest BCUT2D eigenvalue weighted by molar-refractivity contribution is 5.96. The lowest BCUT2D eigenvalue weighted by atomic mass is 9.72. The van der Waals surface area contributed by atoms with E-state index in [9.17, 15) is 9.18 Å². The average Bonchev–Trinajstić information content (AvgIpc) is 3.26. The van der Waals surface area contributed by atoms with Gasteiger partial charge in [0.25, 0.3) is 5.91 Å². The van der Waals surface area contributed by atoms with Gasteiger partial charge in [-0.1, -0.05) is 12.1 Å². The number of amides is 1. The number of nitrogens with zero attached hydrogens (tertiary/aromatic N) is 4. The Labute approximate surface area is 182 Å². The molecule has 3 aliphatic rings. The van der Waals surface area contributed by atoms with Crippen molar-refractivity contribution in [1.82, 2.24) is 25.1 Å². The van der Waals surface area contributed by atoms with Crippen molar-refractivity contribution in [3.8, 4) is 0 Å². The fourth-order valence-electron chi connectivity index (χ4n) is 5.64.